The fourth-order valence-electron chi connectivity index (χ4n) is 4.87. The minimum Gasteiger partial charge on any atom is -0.345 e. The zero-order valence-electron chi connectivity index (χ0n) is 23.4. The van der Waals surface area contributed by atoms with Crippen LogP contribution in [0.15, 0.2) is 42.0 Å². The molecule has 12 heteroatoms. The molecule has 0 radical (unpaired) electrons. The highest BCUT2D eigenvalue weighted by Crippen LogP contribution is 2.21. The maximum atomic E-state index is 12.6. The summed E-state index contributed by atoms with van der Waals surface area (Å²) in [7, 11) is 0. The van der Waals surface area contributed by atoms with Crippen LogP contribution in [-0.2, 0) is 13.1 Å². The molecule has 204 valence electrons. The van der Waals surface area contributed by atoms with Crippen LogP contribution in [0.4, 0.5) is 0 Å². The van der Waals surface area contributed by atoms with Crippen LogP contribution in [0.5, 0.6) is 0 Å². The topological polar surface area (TPSA) is 160 Å². The third-order valence-corrected chi connectivity index (χ3v) is 6.75. The Kier molecular flexibility index (Phi) is 7.07. The molecule has 0 bridgehead atoms. The summed E-state index contributed by atoms with van der Waals surface area (Å²) in [5.41, 5.74) is 6.60. The number of hydrogen-bond donors (Lipinski definition) is 3. The second-order valence-corrected chi connectivity index (χ2v) is 9.38. The van der Waals surface area contributed by atoms with E-state index in [4.69, 9.17) is 5.41 Å². The number of rotatable bonds is 4. The van der Waals surface area contributed by atoms with Crippen molar-refractivity contribution in [1.82, 2.24) is 49.0 Å². The van der Waals surface area contributed by atoms with Gasteiger partial charge < -0.3 is 14.5 Å². The number of H-pyrrole nitrogens is 2. The Morgan fingerprint density at radius 1 is 0.725 bits per heavy atom. The molecule has 0 aliphatic rings. The van der Waals surface area contributed by atoms with Crippen molar-refractivity contribution in [3.8, 4) is 22.5 Å². The molecule has 6 heterocycles. The Morgan fingerprint density at radius 3 is 1.68 bits per heavy atom. The molecule has 40 heavy (non-hydrogen) atoms. The van der Waals surface area contributed by atoms with E-state index in [0.717, 1.165) is 44.9 Å². The number of aromatic nitrogens is 10. The fourth-order valence-corrected chi connectivity index (χ4v) is 4.87. The van der Waals surface area contributed by atoms with Gasteiger partial charge in [0.05, 0.1) is 53.4 Å². The van der Waals surface area contributed by atoms with E-state index in [0.29, 0.717) is 41.3 Å². The lowest BCUT2D eigenvalue weighted by Crippen LogP contribution is -2.23. The lowest BCUT2D eigenvalue weighted by atomic mass is 10.1. The maximum absolute atomic E-state index is 12.6. The monoisotopic (exact) mass is 537 g/mol. The van der Waals surface area contributed by atoms with Gasteiger partial charge in [-0.2, -0.15) is 0 Å². The molecule has 3 N–H and O–H groups in total. The number of nitrogens with one attached hydrogen (secondary N) is 3. The SMILES string of the molecule is CCn1c(=N)c(-c2cnc[nH]2)cc2c(C)nc(C)nc21.CCn1c(=O)c(-c2cnc[nH]2)cc2c(C)nc(C)nc21. The first-order valence-electron chi connectivity index (χ1n) is 13.0. The smallest absolute Gasteiger partial charge is 0.261 e. The van der Waals surface area contributed by atoms with Gasteiger partial charge in [-0.15, -0.1) is 0 Å². The Labute approximate surface area is 229 Å². The normalized spacial score (nSPS) is 11.2. The second-order valence-electron chi connectivity index (χ2n) is 9.38. The molecule has 0 unspecified atom stereocenters. The Balaban J connectivity index is 0.000000161. The number of imidazole rings is 2. The number of hydrogen-bond acceptors (Lipinski definition) is 8. The number of aromatic amines is 2. The molecule has 0 aliphatic heterocycles. The highest BCUT2D eigenvalue weighted by atomic mass is 16.1. The number of pyridine rings is 2. The van der Waals surface area contributed by atoms with E-state index in [1.165, 1.54) is 0 Å². The van der Waals surface area contributed by atoms with E-state index in [1.54, 1.807) is 29.6 Å². The van der Waals surface area contributed by atoms with Crippen LogP contribution >= 0.6 is 0 Å². The van der Waals surface area contributed by atoms with Gasteiger partial charge in [-0.25, -0.2) is 29.9 Å². The van der Waals surface area contributed by atoms with Gasteiger partial charge in [0.2, 0.25) is 0 Å². The third-order valence-electron chi connectivity index (χ3n) is 6.75. The highest BCUT2D eigenvalue weighted by Gasteiger charge is 2.15. The van der Waals surface area contributed by atoms with Crippen molar-refractivity contribution < 1.29 is 0 Å². The van der Waals surface area contributed by atoms with Crippen LogP contribution < -0.4 is 11.0 Å². The first kappa shape index (κ1) is 26.6. The van der Waals surface area contributed by atoms with Gasteiger partial charge in [-0.1, -0.05) is 0 Å². The zero-order valence-corrected chi connectivity index (χ0v) is 23.4. The molecule has 12 nitrogen and oxygen atoms in total. The lowest BCUT2D eigenvalue weighted by Gasteiger charge is -2.13. The molecule has 0 aromatic carbocycles. The van der Waals surface area contributed by atoms with Crippen LogP contribution in [0, 0.1) is 33.1 Å². The summed E-state index contributed by atoms with van der Waals surface area (Å²) < 4.78 is 3.57. The molecular formula is C28H31N11O. The lowest BCUT2D eigenvalue weighted by molar-refractivity contribution is 0.722. The molecule has 0 aliphatic carbocycles. The third kappa shape index (κ3) is 4.68. The van der Waals surface area contributed by atoms with Crippen molar-refractivity contribution in [3.63, 3.8) is 0 Å². The zero-order chi connectivity index (χ0) is 28.6. The van der Waals surface area contributed by atoms with Gasteiger partial charge >= 0.3 is 0 Å². The largest absolute Gasteiger partial charge is 0.345 e. The van der Waals surface area contributed by atoms with Crippen LogP contribution in [0.3, 0.4) is 0 Å². The molecule has 6 rings (SSSR count). The minimum absolute atomic E-state index is 0.0678. The van der Waals surface area contributed by atoms with E-state index in [1.807, 2.05) is 58.2 Å². The summed E-state index contributed by atoms with van der Waals surface area (Å²) in [6, 6.07) is 3.80. The van der Waals surface area contributed by atoms with Gasteiger partial charge in [0.15, 0.2) is 0 Å². The van der Waals surface area contributed by atoms with Crippen LogP contribution in [0.25, 0.3) is 44.6 Å². The number of fused-ring (bicyclic) bond motifs is 2. The van der Waals surface area contributed by atoms with Crippen molar-refractivity contribution in [2.75, 3.05) is 0 Å². The summed E-state index contributed by atoms with van der Waals surface area (Å²) in [6.07, 6.45) is 6.55. The predicted octanol–water partition coefficient (Wildman–Crippen LogP) is 3.76. The van der Waals surface area contributed by atoms with E-state index in [2.05, 4.69) is 39.9 Å². The molecular weight excluding hydrogens is 506 g/mol. The molecule has 0 saturated heterocycles. The Hall–Kier alpha value is -5.00. The number of nitrogens with zero attached hydrogens (tertiary/aromatic N) is 8. The van der Waals surface area contributed by atoms with Crippen molar-refractivity contribution >= 4 is 22.1 Å². The first-order valence-corrected chi connectivity index (χ1v) is 13.0. The number of aryl methyl sites for hydroxylation is 6. The van der Waals surface area contributed by atoms with Gasteiger partial charge in [-0.3, -0.25) is 14.8 Å². The summed E-state index contributed by atoms with van der Waals surface area (Å²) in [6.45, 7) is 12.8. The van der Waals surface area contributed by atoms with E-state index in [9.17, 15) is 4.79 Å². The Bertz CT molecular complexity index is 1810. The molecule has 0 atom stereocenters. The highest BCUT2D eigenvalue weighted by molar-refractivity contribution is 5.83. The van der Waals surface area contributed by atoms with Crippen molar-refractivity contribution in [2.45, 2.75) is 54.6 Å². The average molecular weight is 538 g/mol. The van der Waals surface area contributed by atoms with Crippen molar-refractivity contribution in [1.29, 1.82) is 5.41 Å². The molecule has 6 aromatic heterocycles. The Morgan fingerprint density at radius 2 is 1.20 bits per heavy atom. The van der Waals surface area contributed by atoms with E-state index >= 15 is 0 Å². The second kappa shape index (κ2) is 10.6. The van der Waals surface area contributed by atoms with Gasteiger partial charge in [-0.05, 0) is 53.7 Å². The minimum atomic E-state index is -0.0678. The van der Waals surface area contributed by atoms with Gasteiger partial charge in [0.1, 0.15) is 28.4 Å². The maximum Gasteiger partial charge on any atom is 0.261 e. The molecule has 6 aromatic rings. The molecule has 0 fully saturated rings. The summed E-state index contributed by atoms with van der Waals surface area (Å²) >= 11 is 0. The molecule has 0 amide bonds. The van der Waals surface area contributed by atoms with E-state index in [-0.39, 0.29) is 5.56 Å². The summed E-state index contributed by atoms with van der Waals surface area (Å²) in [5, 5.41) is 10.3. The molecule has 0 spiro atoms. The van der Waals surface area contributed by atoms with Crippen LogP contribution in [0.2, 0.25) is 0 Å². The van der Waals surface area contributed by atoms with Gasteiger partial charge in [0, 0.05) is 29.4 Å². The van der Waals surface area contributed by atoms with Crippen molar-refractivity contribution in [2.24, 2.45) is 0 Å². The van der Waals surface area contributed by atoms with Crippen LogP contribution in [0.1, 0.15) is 36.9 Å². The summed E-state index contributed by atoms with van der Waals surface area (Å²) in [4.78, 5) is 44.3. The predicted molar refractivity (Wildman–Crippen MR) is 153 cm³/mol. The van der Waals surface area contributed by atoms with E-state index < -0.39 is 0 Å². The molecule has 0 saturated carbocycles. The quantitative estimate of drug-likeness (QED) is 0.309. The fraction of sp³-hybridized carbons (Fsp3) is 0.286. The first-order chi connectivity index (χ1) is 19.2. The standard InChI is InChI=1S/C14H16N6.C14H15N5O/c1-4-20-13(15)11(12-6-16-7-17-12)5-10-8(2)18-9(3)19-14(10)20;1-4-19-13-10(8(2)17-9(3)18-13)5-11(14(19)20)12-6-15-7-16-12/h5-7,15H,4H2,1-3H3,(H,16,17);5-7H,4H2,1-3H3,(H,15,16). The summed E-state index contributed by atoms with van der Waals surface area (Å²) in [5.74, 6) is 1.40. The van der Waals surface area contributed by atoms with Gasteiger partial charge in [0.25, 0.3) is 5.56 Å². The average Bonchev–Trinajstić information content (AvgIpc) is 3.64. The van der Waals surface area contributed by atoms with Crippen molar-refractivity contribution in [3.05, 3.63) is 76.1 Å². The van der Waals surface area contributed by atoms with Crippen LogP contribution in [-0.4, -0.2) is 49.0 Å².